The second-order valence-corrected chi connectivity index (χ2v) is 12.5. The lowest BCUT2D eigenvalue weighted by Crippen LogP contribution is -2.49. The van der Waals surface area contributed by atoms with E-state index in [1.807, 2.05) is 12.1 Å². The molecule has 0 saturated heterocycles. The molecule has 1 heterocycles. The van der Waals surface area contributed by atoms with Gasteiger partial charge in [0.25, 0.3) is 0 Å². The number of hydrogen-bond acceptors (Lipinski definition) is 4. The smallest absolute Gasteiger partial charge is 0.490 e. The van der Waals surface area contributed by atoms with E-state index in [4.69, 9.17) is 14.6 Å². The summed E-state index contributed by atoms with van der Waals surface area (Å²) in [6.45, 7) is 1.45. The van der Waals surface area contributed by atoms with Crippen LogP contribution < -0.4 is 4.74 Å². The molecule has 254 valence electrons. The van der Waals surface area contributed by atoms with Crippen molar-refractivity contribution in [2.75, 3.05) is 13.2 Å². The molecule has 0 spiro atoms. The van der Waals surface area contributed by atoms with Crippen LogP contribution in [0.2, 0.25) is 0 Å². The van der Waals surface area contributed by atoms with Gasteiger partial charge in [-0.3, -0.25) is 9.69 Å². The van der Waals surface area contributed by atoms with Crippen molar-refractivity contribution in [2.45, 2.75) is 101 Å². The molecule has 46 heavy (non-hydrogen) atoms. The van der Waals surface area contributed by atoms with Gasteiger partial charge in [0.2, 0.25) is 0 Å². The Balaban J connectivity index is 0.000000617. The molecule has 2 aromatic carbocycles. The summed E-state index contributed by atoms with van der Waals surface area (Å²) < 4.78 is 93.5. The van der Waals surface area contributed by atoms with Gasteiger partial charge in [-0.2, -0.15) is 26.3 Å². The third-order valence-corrected chi connectivity index (χ3v) is 9.14. The molecule has 0 aromatic heterocycles. The van der Waals surface area contributed by atoms with E-state index in [0.29, 0.717) is 45.3 Å². The van der Waals surface area contributed by atoms with E-state index in [1.54, 1.807) is 0 Å². The van der Waals surface area contributed by atoms with E-state index < -0.39 is 35.5 Å². The molecule has 2 fully saturated rings. The molecule has 1 aliphatic heterocycles. The van der Waals surface area contributed by atoms with Crippen molar-refractivity contribution >= 4 is 11.9 Å². The van der Waals surface area contributed by atoms with Crippen LogP contribution in [0.25, 0.3) is 0 Å². The highest BCUT2D eigenvalue weighted by atomic mass is 19.4. The average Bonchev–Trinajstić information content (AvgIpc) is 3.44. The molecule has 3 atom stereocenters. The van der Waals surface area contributed by atoms with Crippen LogP contribution in [0.1, 0.15) is 86.0 Å². The number of ether oxygens (including phenoxy) is 1. The highest BCUT2D eigenvalue weighted by Crippen LogP contribution is 2.44. The number of fused-ring (bicyclic) bond motifs is 1. The van der Waals surface area contributed by atoms with E-state index in [0.717, 1.165) is 60.3 Å². The van der Waals surface area contributed by atoms with Crippen LogP contribution in [0, 0.1) is 5.92 Å². The first-order chi connectivity index (χ1) is 21.5. The molecule has 0 amide bonds. The zero-order chi connectivity index (χ0) is 33.7. The average molecular weight is 662 g/mol. The fraction of sp³-hybridized carbons (Fsp3) is 0.576. The number of aliphatic carboxylic acids is 2. The zero-order valence-electron chi connectivity index (χ0n) is 25.2. The Hall–Kier alpha value is -3.35. The molecule has 3 aliphatic rings. The van der Waals surface area contributed by atoms with Crippen LogP contribution in [0.5, 0.6) is 5.75 Å². The van der Waals surface area contributed by atoms with E-state index in [-0.39, 0.29) is 30.8 Å². The highest BCUT2D eigenvalue weighted by molar-refractivity contribution is 5.73. The second kappa shape index (κ2) is 14.6. The van der Waals surface area contributed by atoms with Crippen LogP contribution in [-0.4, -0.2) is 58.1 Å². The molecule has 5 rings (SSSR count). The van der Waals surface area contributed by atoms with Crippen molar-refractivity contribution in [3.63, 3.8) is 0 Å². The number of carboxylic acid groups (broad SMARTS) is 2. The van der Waals surface area contributed by atoms with Crippen LogP contribution in [0.15, 0.2) is 42.5 Å². The summed E-state index contributed by atoms with van der Waals surface area (Å²) in [5.74, 6) is -3.00. The summed E-state index contributed by atoms with van der Waals surface area (Å²) in [4.78, 5) is 22.6. The van der Waals surface area contributed by atoms with E-state index >= 15 is 4.39 Å². The Kier molecular flexibility index (Phi) is 11.3. The highest BCUT2D eigenvalue weighted by Gasteiger charge is 2.41. The van der Waals surface area contributed by atoms with Crippen molar-refractivity contribution in [3.05, 3.63) is 64.7 Å². The van der Waals surface area contributed by atoms with Gasteiger partial charge >= 0.3 is 24.3 Å². The van der Waals surface area contributed by atoms with Crippen molar-refractivity contribution in [1.29, 1.82) is 0 Å². The maximum Gasteiger partial charge on any atom is 0.490 e. The lowest BCUT2D eigenvalue weighted by molar-refractivity contribution is -0.192. The number of benzene rings is 2. The number of carbonyl (C=O) groups is 2. The molecular weight excluding hydrogens is 623 g/mol. The molecule has 0 radical (unpaired) electrons. The minimum atomic E-state index is -5.08. The Morgan fingerprint density at radius 3 is 2.17 bits per heavy atom. The van der Waals surface area contributed by atoms with Gasteiger partial charge in [-0.05, 0) is 78.8 Å². The van der Waals surface area contributed by atoms with Gasteiger partial charge in [-0.1, -0.05) is 43.5 Å². The number of alkyl halides is 7. The van der Waals surface area contributed by atoms with E-state index in [9.17, 15) is 36.2 Å². The normalized spacial score (nSPS) is 22.7. The van der Waals surface area contributed by atoms with Gasteiger partial charge in [0, 0.05) is 32.0 Å². The van der Waals surface area contributed by atoms with Gasteiger partial charge in [0.15, 0.2) is 0 Å². The quantitative estimate of drug-likeness (QED) is 0.278. The monoisotopic (exact) mass is 661 g/mol. The molecule has 2 N–H and O–H groups in total. The lowest BCUT2D eigenvalue weighted by Gasteiger charge is -2.45. The van der Waals surface area contributed by atoms with Crippen LogP contribution >= 0.6 is 0 Å². The van der Waals surface area contributed by atoms with Crippen LogP contribution in [0.3, 0.4) is 0 Å². The van der Waals surface area contributed by atoms with Crippen molar-refractivity contribution < 1.29 is 55.3 Å². The van der Waals surface area contributed by atoms with Gasteiger partial charge < -0.3 is 14.9 Å². The first-order valence-corrected chi connectivity index (χ1v) is 15.4. The summed E-state index contributed by atoms with van der Waals surface area (Å²) in [7, 11) is 0. The van der Waals surface area contributed by atoms with Crippen molar-refractivity contribution in [1.82, 2.24) is 4.90 Å². The summed E-state index contributed by atoms with van der Waals surface area (Å²) >= 11 is 0. The minimum Gasteiger partial charge on any atom is -0.493 e. The Morgan fingerprint density at radius 1 is 0.935 bits per heavy atom. The molecule has 2 aliphatic carbocycles. The molecular formula is C33H38F7NO5. The summed E-state index contributed by atoms with van der Waals surface area (Å²) in [5, 5.41) is 16.6. The zero-order valence-corrected chi connectivity index (χ0v) is 25.2. The standard InChI is InChI=1S/C31H37F4NO3.C2HF3O2/c32-30(13-2-1-3-14-30)20-36(19-22-5-11-28-24(16-22)12-15-39-28)27-10-4-21(18-29(37)38)17-26(27)23-6-8-25(9-7-23)31(33,34)35;3-2(4,5)1(6)7/h5-9,11,16,21,26-27H,1-4,10,12-15,17-20H2,(H,37,38);(H,6,7)/t21-,26+,27-;/m1./s1. The van der Waals surface area contributed by atoms with Crippen LogP contribution in [-0.2, 0) is 28.7 Å². The molecule has 6 nitrogen and oxygen atoms in total. The second-order valence-electron chi connectivity index (χ2n) is 12.5. The minimum absolute atomic E-state index is 0.0295. The van der Waals surface area contributed by atoms with Gasteiger partial charge in [-0.25, -0.2) is 9.18 Å². The predicted molar refractivity (Wildman–Crippen MR) is 154 cm³/mol. The summed E-state index contributed by atoms with van der Waals surface area (Å²) in [5.41, 5.74) is 0.956. The van der Waals surface area contributed by atoms with Gasteiger partial charge in [-0.15, -0.1) is 0 Å². The predicted octanol–water partition coefficient (Wildman–Crippen LogP) is 8.18. The largest absolute Gasteiger partial charge is 0.493 e. The molecule has 2 aromatic rings. The lowest BCUT2D eigenvalue weighted by atomic mass is 9.72. The number of hydrogen-bond donors (Lipinski definition) is 2. The Bertz CT molecular complexity index is 1340. The van der Waals surface area contributed by atoms with Crippen molar-refractivity contribution in [3.8, 4) is 5.75 Å². The topological polar surface area (TPSA) is 87.1 Å². The first kappa shape index (κ1) is 35.5. The molecule has 2 saturated carbocycles. The fourth-order valence-corrected chi connectivity index (χ4v) is 6.96. The van der Waals surface area contributed by atoms with Crippen molar-refractivity contribution in [2.24, 2.45) is 5.92 Å². The first-order valence-electron chi connectivity index (χ1n) is 15.4. The van der Waals surface area contributed by atoms with Gasteiger partial charge in [0.1, 0.15) is 11.4 Å². The van der Waals surface area contributed by atoms with E-state index in [2.05, 4.69) is 11.0 Å². The summed E-state index contributed by atoms with van der Waals surface area (Å²) in [6.07, 6.45) is -2.95. The molecule has 0 unspecified atom stereocenters. The number of nitrogens with zero attached hydrogens (tertiary/aromatic N) is 1. The van der Waals surface area contributed by atoms with E-state index in [1.165, 1.54) is 12.1 Å². The SMILES string of the molecule is O=C(O)C(F)(F)F.O=C(O)C[C@@H]1CC[C@@H](N(Cc2ccc3c(c2)CCO3)CC2(F)CCCCC2)[C@H](c2ccc(C(F)(F)F)cc2)C1. The van der Waals surface area contributed by atoms with Gasteiger partial charge in [0.05, 0.1) is 12.2 Å². The Labute approximate surface area is 262 Å². The number of rotatable bonds is 8. The molecule has 13 heteroatoms. The Morgan fingerprint density at radius 2 is 1.59 bits per heavy atom. The number of carboxylic acids is 2. The van der Waals surface area contributed by atoms with Crippen LogP contribution in [0.4, 0.5) is 30.7 Å². The third-order valence-electron chi connectivity index (χ3n) is 9.14. The maximum atomic E-state index is 16.2. The fourth-order valence-electron chi connectivity index (χ4n) is 6.96. The maximum absolute atomic E-state index is 16.2. The third kappa shape index (κ3) is 9.59. The summed E-state index contributed by atoms with van der Waals surface area (Å²) in [6, 6.07) is 11.3. The molecule has 0 bridgehead atoms. The number of halogens is 7.